The Hall–Kier alpha value is -1.88. The fraction of sp³-hybridized carbons (Fsp3) is 0.571. The number of aromatic nitrogens is 2. The van der Waals surface area contributed by atoms with Crippen LogP contribution in [0, 0.1) is 6.92 Å². The molecule has 0 unspecified atom stereocenters. The zero-order valence-corrected chi connectivity index (χ0v) is 16.9. The van der Waals surface area contributed by atoms with Gasteiger partial charge in [-0.1, -0.05) is 56.5 Å². The number of imidazole rings is 1. The number of fused-ring (bicyclic) bond motifs is 1. The lowest BCUT2D eigenvalue weighted by atomic mass is 10.00. The first-order chi connectivity index (χ1) is 13.1. The molecule has 0 radical (unpaired) electrons. The monoisotopic (exact) mass is 388 g/mol. The van der Waals surface area contributed by atoms with Gasteiger partial charge in [0.2, 0.25) is 0 Å². The van der Waals surface area contributed by atoms with Crippen LogP contribution in [0.3, 0.4) is 0 Å². The highest BCUT2D eigenvalue weighted by atomic mass is 35.5. The van der Waals surface area contributed by atoms with Crippen LogP contribution in [0.5, 0.6) is 0 Å². The van der Waals surface area contributed by atoms with E-state index in [4.69, 9.17) is 11.6 Å². The van der Waals surface area contributed by atoms with Gasteiger partial charge in [0, 0.05) is 11.9 Å². The number of nitrogens with one attached hydrogen (secondary N) is 1. The topological polar surface area (TPSA) is 58.8 Å². The number of nitrogens with zero attached hydrogens (tertiary/aromatic N) is 3. The van der Waals surface area contributed by atoms with Crippen molar-refractivity contribution in [3.05, 3.63) is 34.7 Å². The van der Waals surface area contributed by atoms with Crippen LogP contribution in [-0.4, -0.2) is 21.0 Å². The molecule has 3 rings (SSSR count). The molecule has 2 aromatic rings. The number of hydrogen-bond acceptors (Lipinski definition) is 3. The van der Waals surface area contributed by atoms with E-state index in [1.807, 2.05) is 13.0 Å². The predicted molar refractivity (Wildman–Crippen MR) is 111 cm³/mol. The molecule has 0 spiro atoms. The van der Waals surface area contributed by atoms with E-state index in [0.29, 0.717) is 22.1 Å². The van der Waals surface area contributed by atoms with Gasteiger partial charge >= 0.3 is 0 Å². The number of aryl methyl sites for hydroxylation is 1. The van der Waals surface area contributed by atoms with Crippen LogP contribution in [0.15, 0.2) is 23.4 Å². The molecule has 1 fully saturated rings. The number of hydrogen-bond donors (Lipinski definition) is 1. The molecule has 6 heteroatoms. The molecule has 0 aromatic carbocycles. The van der Waals surface area contributed by atoms with Crippen molar-refractivity contribution in [1.82, 2.24) is 14.8 Å². The zero-order valence-electron chi connectivity index (χ0n) is 16.1. The van der Waals surface area contributed by atoms with Crippen LogP contribution in [0.4, 0.5) is 0 Å². The van der Waals surface area contributed by atoms with Gasteiger partial charge in [-0.3, -0.25) is 9.20 Å². The smallest absolute Gasteiger partial charge is 0.290 e. The second kappa shape index (κ2) is 9.88. The normalized spacial score (nSPS) is 17.2. The summed E-state index contributed by atoms with van der Waals surface area (Å²) in [6.07, 6.45) is 15.1. The summed E-state index contributed by atoms with van der Waals surface area (Å²) in [6.45, 7) is 1.83. The highest BCUT2D eigenvalue weighted by molar-refractivity contribution is 6.30. The Bertz CT molecular complexity index is 798. The molecule has 5 nitrogen and oxygen atoms in total. The molecule has 27 heavy (non-hydrogen) atoms. The van der Waals surface area contributed by atoms with Gasteiger partial charge in [-0.25, -0.2) is 10.4 Å². The van der Waals surface area contributed by atoms with Crippen LogP contribution < -0.4 is 5.43 Å². The second-order valence-electron chi connectivity index (χ2n) is 7.42. The molecule has 1 aliphatic carbocycles. The highest BCUT2D eigenvalue weighted by Gasteiger charge is 2.16. The first-order valence-electron chi connectivity index (χ1n) is 10.1. The Morgan fingerprint density at radius 2 is 1.63 bits per heavy atom. The minimum absolute atomic E-state index is 0.235. The fourth-order valence-corrected chi connectivity index (χ4v) is 3.89. The van der Waals surface area contributed by atoms with Gasteiger partial charge in [0.05, 0.1) is 10.7 Å². The predicted octanol–water partition coefficient (Wildman–Crippen LogP) is 5.69. The van der Waals surface area contributed by atoms with E-state index in [2.05, 4.69) is 15.5 Å². The zero-order chi connectivity index (χ0) is 19.1. The number of amides is 1. The van der Waals surface area contributed by atoms with Gasteiger partial charge in [-0.05, 0) is 44.7 Å². The molecule has 2 aromatic heterocycles. The fourth-order valence-electron chi connectivity index (χ4n) is 3.73. The lowest BCUT2D eigenvalue weighted by molar-refractivity contribution is 0.0948. The van der Waals surface area contributed by atoms with Crippen molar-refractivity contribution in [3.8, 4) is 0 Å². The highest BCUT2D eigenvalue weighted by Crippen LogP contribution is 2.17. The van der Waals surface area contributed by atoms with Crippen LogP contribution in [-0.2, 0) is 0 Å². The summed E-state index contributed by atoms with van der Waals surface area (Å²) in [6, 6.07) is 3.58. The van der Waals surface area contributed by atoms with E-state index < -0.39 is 0 Å². The van der Waals surface area contributed by atoms with Gasteiger partial charge in [0.1, 0.15) is 11.3 Å². The van der Waals surface area contributed by atoms with Crippen LogP contribution >= 0.6 is 11.6 Å². The van der Waals surface area contributed by atoms with Gasteiger partial charge < -0.3 is 0 Å². The number of carbonyl (C=O) groups is 1. The summed E-state index contributed by atoms with van der Waals surface area (Å²) in [5.41, 5.74) is 5.74. The molecule has 1 amide bonds. The van der Waals surface area contributed by atoms with Crippen molar-refractivity contribution in [2.24, 2.45) is 5.10 Å². The molecule has 146 valence electrons. The molecule has 0 saturated heterocycles. The standard InChI is InChI=1S/C21H29ClN4O/c1-16-20(26-15-17(22)13-14-19(26)23-16)21(27)25-24-18-11-9-7-5-3-2-4-6-8-10-12-18/h13-15H,2-12H2,1H3,(H,25,27). The van der Waals surface area contributed by atoms with E-state index in [1.54, 1.807) is 16.7 Å². The van der Waals surface area contributed by atoms with Crippen LogP contribution in [0.2, 0.25) is 5.02 Å². The second-order valence-corrected chi connectivity index (χ2v) is 7.86. The first kappa shape index (κ1) is 19.9. The van der Waals surface area contributed by atoms with Gasteiger partial charge in [0.25, 0.3) is 5.91 Å². The Labute approximate surface area is 166 Å². The third-order valence-corrected chi connectivity index (χ3v) is 5.44. The number of halogens is 1. The average Bonchev–Trinajstić information content (AvgIpc) is 2.96. The number of carbonyl (C=O) groups excluding carboxylic acids is 1. The maximum atomic E-state index is 12.7. The molecular weight excluding hydrogens is 360 g/mol. The Kier molecular flexibility index (Phi) is 7.27. The minimum Gasteiger partial charge on any atom is -0.294 e. The number of rotatable bonds is 2. The maximum absolute atomic E-state index is 12.7. The van der Waals surface area contributed by atoms with E-state index in [1.165, 1.54) is 44.9 Å². The number of pyridine rings is 1. The van der Waals surface area contributed by atoms with E-state index in [-0.39, 0.29) is 5.91 Å². The van der Waals surface area contributed by atoms with Crippen molar-refractivity contribution < 1.29 is 4.79 Å². The SMILES string of the molecule is Cc1nc2ccc(Cl)cn2c1C(=O)NN=C1CCCCCCCCCCC1. The maximum Gasteiger partial charge on any atom is 0.290 e. The minimum atomic E-state index is -0.235. The molecule has 1 aliphatic rings. The first-order valence-corrected chi connectivity index (χ1v) is 10.5. The largest absolute Gasteiger partial charge is 0.294 e. The van der Waals surface area contributed by atoms with Crippen LogP contribution in [0.25, 0.3) is 5.65 Å². The summed E-state index contributed by atoms with van der Waals surface area (Å²) in [5.74, 6) is -0.235. The molecule has 1 N–H and O–H groups in total. The van der Waals surface area contributed by atoms with Crippen molar-refractivity contribution in [2.75, 3.05) is 0 Å². The van der Waals surface area contributed by atoms with Crippen molar-refractivity contribution in [1.29, 1.82) is 0 Å². The lowest BCUT2D eigenvalue weighted by Crippen LogP contribution is -2.22. The summed E-state index contributed by atoms with van der Waals surface area (Å²) in [4.78, 5) is 17.2. The van der Waals surface area contributed by atoms with E-state index >= 15 is 0 Å². The molecular formula is C21H29ClN4O. The Morgan fingerprint density at radius 3 is 2.26 bits per heavy atom. The van der Waals surface area contributed by atoms with Crippen LogP contribution in [0.1, 0.15) is 86.8 Å². The van der Waals surface area contributed by atoms with Gasteiger partial charge in [0.15, 0.2) is 0 Å². The summed E-state index contributed by atoms with van der Waals surface area (Å²) in [5, 5.41) is 5.05. The third kappa shape index (κ3) is 5.55. The average molecular weight is 389 g/mol. The van der Waals surface area contributed by atoms with Crippen molar-refractivity contribution in [2.45, 2.75) is 77.6 Å². The molecule has 0 aliphatic heterocycles. The quantitative estimate of drug-likeness (QED) is 0.672. The van der Waals surface area contributed by atoms with E-state index in [0.717, 1.165) is 31.4 Å². The summed E-state index contributed by atoms with van der Waals surface area (Å²) in [7, 11) is 0. The molecule has 1 saturated carbocycles. The lowest BCUT2D eigenvalue weighted by Gasteiger charge is -2.10. The summed E-state index contributed by atoms with van der Waals surface area (Å²) < 4.78 is 1.73. The van der Waals surface area contributed by atoms with Crippen molar-refractivity contribution in [3.63, 3.8) is 0 Å². The molecule has 0 atom stereocenters. The number of hydrazone groups is 1. The Balaban J connectivity index is 1.70. The molecule has 0 bridgehead atoms. The van der Waals surface area contributed by atoms with Gasteiger partial charge in [-0.15, -0.1) is 0 Å². The van der Waals surface area contributed by atoms with Crippen molar-refractivity contribution >= 4 is 28.9 Å². The Morgan fingerprint density at radius 1 is 1.04 bits per heavy atom. The summed E-state index contributed by atoms with van der Waals surface area (Å²) >= 11 is 6.08. The molecule has 2 heterocycles. The third-order valence-electron chi connectivity index (χ3n) is 5.22. The van der Waals surface area contributed by atoms with Gasteiger partial charge in [-0.2, -0.15) is 5.10 Å². The van der Waals surface area contributed by atoms with E-state index in [9.17, 15) is 4.79 Å².